The largest absolute Gasteiger partial charge is 0.354 e. The molecule has 0 bridgehead atoms. The van der Waals surface area contributed by atoms with Crippen LogP contribution >= 0.6 is 0 Å². The van der Waals surface area contributed by atoms with Crippen molar-refractivity contribution in [2.24, 2.45) is 0 Å². The number of rotatable bonds is 6. The molecule has 1 N–H and O–H groups in total. The summed E-state index contributed by atoms with van der Waals surface area (Å²) >= 11 is 0. The lowest BCUT2D eigenvalue weighted by molar-refractivity contribution is 0.0954. The van der Waals surface area contributed by atoms with Gasteiger partial charge in [-0.15, -0.1) is 0 Å². The summed E-state index contributed by atoms with van der Waals surface area (Å²) in [5.74, 6) is 0.550. The lowest BCUT2D eigenvalue weighted by Crippen LogP contribution is -2.39. The van der Waals surface area contributed by atoms with Gasteiger partial charge in [0.1, 0.15) is 11.6 Å². The molecule has 3 rings (SSSR count). The minimum absolute atomic E-state index is 0.0965. The monoisotopic (exact) mass is 355 g/mol. The SMILES string of the molecule is CCC1CCCCN1c1cc(C(=O)NCCc2ccc(F)cc2)ccn1. The number of benzene rings is 1. The highest BCUT2D eigenvalue weighted by atomic mass is 19.1. The van der Waals surface area contributed by atoms with Gasteiger partial charge in [0.2, 0.25) is 0 Å². The number of hydrogen-bond donors (Lipinski definition) is 1. The van der Waals surface area contributed by atoms with E-state index in [2.05, 4.69) is 22.1 Å². The van der Waals surface area contributed by atoms with Gasteiger partial charge in [-0.1, -0.05) is 19.1 Å². The second-order valence-electron chi connectivity index (χ2n) is 6.79. The van der Waals surface area contributed by atoms with Crippen LogP contribution in [0.25, 0.3) is 0 Å². The summed E-state index contributed by atoms with van der Waals surface area (Å²) in [7, 11) is 0. The molecular formula is C21H26FN3O. The third-order valence-electron chi connectivity index (χ3n) is 5.01. The number of carbonyl (C=O) groups is 1. The van der Waals surface area contributed by atoms with Gasteiger partial charge < -0.3 is 10.2 Å². The molecule has 138 valence electrons. The fourth-order valence-corrected chi connectivity index (χ4v) is 3.52. The number of aromatic nitrogens is 1. The summed E-state index contributed by atoms with van der Waals surface area (Å²) in [5.41, 5.74) is 1.63. The van der Waals surface area contributed by atoms with Crippen LogP contribution in [0.3, 0.4) is 0 Å². The fraction of sp³-hybridized carbons (Fsp3) is 0.429. The molecule has 26 heavy (non-hydrogen) atoms. The van der Waals surface area contributed by atoms with Crippen LogP contribution in [0, 0.1) is 5.82 Å². The van der Waals surface area contributed by atoms with E-state index in [1.54, 1.807) is 24.4 Å². The van der Waals surface area contributed by atoms with Crippen molar-refractivity contribution < 1.29 is 9.18 Å². The van der Waals surface area contributed by atoms with Crippen molar-refractivity contribution in [1.29, 1.82) is 0 Å². The topological polar surface area (TPSA) is 45.2 Å². The number of anilines is 1. The zero-order valence-electron chi connectivity index (χ0n) is 15.2. The quantitative estimate of drug-likeness (QED) is 0.853. The third kappa shape index (κ3) is 4.59. The molecule has 1 aliphatic rings. The van der Waals surface area contributed by atoms with E-state index in [0.717, 1.165) is 24.3 Å². The van der Waals surface area contributed by atoms with Crippen LogP contribution in [-0.2, 0) is 6.42 Å². The van der Waals surface area contributed by atoms with E-state index in [4.69, 9.17) is 0 Å². The first-order chi connectivity index (χ1) is 12.7. The average molecular weight is 355 g/mol. The smallest absolute Gasteiger partial charge is 0.251 e. The molecule has 5 heteroatoms. The molecule has 0 saturated carbocycles. The van der Waals surface area contributed by atoms with E-state index in [-0.39, 0.29) is 11.7 Å². The number of halogens is 1. The highest BCUT2D eigenvalue weighted by molar-refractivity contribution is 5.94. The molecule has 1 aromatic carbocycles. The highest BCUT2D eigenvalue weighted by Gasteiger charge is 2.22. The van der Waals surface area contributed by atoms with Gasteiger partial charge in [0, 0.05) is 30.9 Å². The number of nitrogens with zero attached hydrogens (tertiary/aromatic N) is 2. The number of piperidine rings is 1. The van der Waals surface area contributed by atoms with Gasteiger partial charge in [-0.2, -0.15) is 0 Å². The van der Waals surface area contributed by atoms with E-state index >= 15 is 0 Å². The van der Waals surface area contributed by atoms with Gasteiger partial charge in [-0.05, 0) is 61.9 Å². The Morgan fingerprint density at radius 1 is 1.27 bits per heavy atom. The van der Waals surface area contributed by atoms with E-state index in [1.807, 2.05) is 6.07 Å². The molecule has 2 heterocycles. The first-order valence-corrected chi connectivity index (χ1v) is 9.42. The molecule has 1 aromatic heterocycles. The number of carbonyl (C=O) groups excluding carboxylic acids is 1. The summed E-state index contributed by atoms with van der Waals surface area (Å²) in [4.78, 5) is 19.3. The van der Waals surface area contributed by atoms with Gasteiger partial charge in [0.25, 0.3) is 5.91 Å². The number of nitrogens with one attached hydrogen (secondary N) is 1. The van der Waals surface area contributed by atoms with Crippen LogP contribution in [0.15, 0.2) is 42.6 Å². The minimum atomic E-state index is -0.245. The predicted molar refractivity (Wildman–Crippen MR) is 102 cm³/mol. The van der Waals surface area contributed by atoms with Crippen molar-refractivity contribution in [2.75, 3.05) is 18.0 Å². The zero-order chi connectivity index (χ0) is 18.4. The Balaban J connectivity index is 1.60. The normalized spacial score (nSPS) is 17.2. The molecule has 1 atom stereocenters. The van der Waals surface area contributed by atoms with Gasteiger partial charge >= 0.3 is 0 Å². The minimum Gasteiger partial charge on any atom is -0.354 e. The van der Waals surface area contributed by atoms with Crippen LogP contribution in [0.1, 0.15) is 48.5 Å². The molecule has 4 nitrogen and oxygen atoms in total. The molecule has 2 aromatic rings. The Hall–Kier alpha value is -2.43. The first-order valence-electron chi connectivity index (χ1n) is 9.42. The van der Waals surface area contributed by atoms with Gasteiger partial charge in [-0.3, -0.25) is 4.79 Å². The Labute approximate surface area is 154 Å². The molecule has 1 amide bonds. The Bertz CT molecular complexity index is 732. The molecule has 1 saturated heterocycles. The highest BCUT2D eigenvalue weighted by Crippen LogP contribution is 2.25. The Morgan fingerprint density at radius 2 is 2.08 bits per heavy atom. The maximum absolute atomic E-state index is 12.9. The van der Waals surface area contributed by atoms with Crippen LogP contribution in [0.4, 0.5) is 10.2 Å². The fourth-order valence-electron chi connectivity index (χ4n) is 3.52. The summed E-state index contributed by atoms with van der Waals surface area (Å²) in [6.45, 7) is 3.72. The van der Waals surface area contributed by atoms with Crippen molar-refractivity contribution in [1.82, 2.24) is 10.3 Å². The average Bonchev–Trinajstić information content (AvgIpc) is 2.69. The van der Waals surface area contributed by atoms with Gasteiger partial charge in [0.15, 0.2) is 0 Å². The van der Waals surface area contributed by atoms with Gasteiger partial charge in [0.05, 0.1) is 0 Å². The van der Waals surface area contributed by atoms with Crippen molar-refractivity contribution in [2.45, 2.75) is 45.1 Å². The summed E-state index contributed by atoms with van der Waals surface area (Å²) in [5, 5.41) is 2.94. The zero-order valence-corrected chi connectivity index (χ0v) is 15.2. The Morgan fingerprint density at radius 3 is 2.85 bits per heavy atom. The van der Waals surface area contributed by atoms with Crippen LogP contribution in [0.2, 0.25) is 0 Å². The second kappa shape index (κ2) is 8.79. The van der Waals surface area contributed by atoms with Crippen LogP contribution in [0.5, 0.6) is 0 Å². The summed E-state index contributed by atoms with van der Waals surface area (Å²) in [6, 6.07) is 10.5. The number of amides is 1. The predicted octanol–water partition coefficient (Wildman–Crippen LogP) is 3.96. The van der Waals surface area contributed by atoms with E-state index in [1.165, 1.54) is 31.4 Å². The molecule has 1 fully saturated rings. The van der Waals surface area contributed by atoms with E-state index in [0.29, 0.717) is 24.6 Å². The lowest BCUT2D eigenvalue weighted by atomic mass is 10.00. The van der Waals surface area contributed by atoms with Crippen molar-refractivity contribution in [3.63, 3.8) is 0 Å². The molecule has 0 radical (unpaired) electrons. The van der Waals surface area contributed by atoms with Crippen LogP contribution in [-0.4, -0.2) is 30.0 Å². The molecule has 1 aliphatic heterocycles. The molecule has 1 unspecified atom stereocenters. The maximum atomic E-state index is 12.9. The van der Waals surface area contributed by atoms with Crippen molar-refractivity contribution in [3.05, 3.63) is 59.5 Å². The summed E-state index contributed by atoms with van der Waals surface area (Å²) < 4.78 is 12.9. The van der Waals surface area contributed by atoms with E-state index < -0.39 is 0 Å². The molecule has 0 aliphatic carbocycles. The standard InChI is InChI=1S/C21H26FN3O/c1-2-19-5-3-4-14-25(19)20-15-17(11-13-23-20)21(26)24-12-10-16-6-8-18(22)9-7-16/h6-9,11,13,15,19H,2-5,10,12,14H2,1H3,(H,24,26). The number of hydrogen-bond acceptors (Lipinski definition) is 3. The van der Waals surface area contributed by atoms with Crippen molar-refractivity contribution in [3.8, 4) is 0 Å². The van der Waals surface area contributed by atoms with Crippen LogP contribution < -0.4 is 10.2 Å². The van der Waals surface area contributed by atoms with E-state index in [9.17, 15) is 9.18 Å². The Kier molecular flexibility index (Phi) is 6.21. The third-order valence-corrected chi connectivity index (χ3v) is 5.01. The summed E-state index contributed by atoms with van der Waals surface area (Å²) in [6.07, 6.45) is 7.10. The lowest BCUT2D eigenvalue weighted by Gasteiger charge is -2.36. The van der Waals surface area contributed by atoms with Crippen molar-refractivity contribution >= 4 is 11.7 Å². The maximum Gasteiger partial charge on any atom is 0.251 e. The second-order valence-corrected chi connectivity index (χ2v) is 6.79. The van der Waals surface area contributed by atoms with Gasteiger partial charge in [-0.25, -0.2) is 9.37 Å². The molecule has 0 spiro atoms. The number of pyridine rings is 1. The first kappa shape index (κ1) is 18.4. The molecular weight excluding hydrogens is 329 g/mol.